The van der Waals surface area contributed by atoms with Crippen LogP contribution in [0, 0.1) is 6.92 Å². The van der Waals surface area contributed by atoms with E-state index in [1.54, 1.807) is 11.8 Å². The third kappa shape index (κ3) is 2.98. The van der Waals surface area contributed by atoms with Crippen LogP contribution in [-0.2, 0) is 6.42 Å². The first-order valence-electron chi connectivity index (χ1n) is 5.30. The van der Waals surface area contributed by atoms with Crippen molar-refractivity contribution in [2.24, 2.45) is 4.99 Å². The van der Waals surface area contributed by atoms with Crippen LogP contribution in [0.4, 0.5) is 0 Å². The average molecular weight is 240 g/mol. The highest BCUT2D eigenvalue weighted by molar-refractivity contribution is 8.14. The van der Waals surface area contributed by atoms with Gasteiger partial charge >= 0.3 is 0 Å². The minimum Gasteiger partial charge on any atom is -0.359 e. The van der Waals surface area contributed by atoms with Crippen LogP contribution in [0.15, 0.2) is 9.52 Å². The molecule has 5 nitrogen and oxygen atoms in total. The molecule has 16 heavy (non-hydrogen) atoms. The van der Waals surface area contributed by atoms with E-state index in [9.17, 15) is 0 Å². The molecule has 1 saturated heterocycles. The van der Waals surface area contributed by atoms with Crippen molar-refractivity contribution in [1.29, 1.82) is 0 Å². The average Bonchev–Trinajstić information content (AvgIpc) is 2.73. The van der Waals surface area contributed by atoms with Gasteiger partial charge in [-0.2, -0.15) is 4.98 Å². The molecule has 1 aliphatic heterocycles. The van der Waals surface area contributed by atoms with E-state index >= 15 is 0 Å². The fourth-order valence-electron chi connectivity index (χ4n) is 1.39. The number of aliphatic imine (C=N–C) groups is 1. The molecule has 0 bridgehead atoms. The SMILES string of the molecule is Cc1noc(CCN=C2NC(C)(C)CS2)n1. The van der Waals surface area contributed by atoms with E-state index in [0.717, 1.165) is 10.9 Å². The second kappa shape index (κ2) is 4.45. The van der Waals surface area contributed by atoms with E-state index in [0.29, 0.717) is 24.7 Å². The van der Waals surface area contributed by atoms with Gasteiger partial charge in [0.15, 0.2) is 11.0 Å². The molecule has 1 aliphatic rings. The zero-order valence-electron chi connectivity index (χ0n) is 9.78. The van der Waals surface area contributed by atoms with Crippen molar-refractivity contribution >= 4 is 16.9 Å². The van der Waals surface area contributed by atoms with Gasteiger partial charge in [0.25, 0.3) is 0 Å². The normalized spacial score (nSPS) is 21.3. The fraction of sp³-hybridized carbons (Fsp3) is 0.700. The number of rotatable bonds is 3. The summed E-state index contributed by atoms with van der Waals surface area (Å²) in [5.74, 6) is 2.40. The summed E-state index contributed by atoms with van der Waals surface area (Å²) in [4.78, 5) is 8.59. The molecule has 0 saturated carbocycles. The number of nitrogens with zero attached hydrogens (tertiary/aromatic N) is 3. The molecule has 1 aromatic heterocycles. The van der Waals surface area contributed by atoms with Crippen molar-refractivity contribution in [3.8, 4) is 0 Å². The molecule has 0 atom stereocenters. The van der Waals surface area contributed by atoms with Crippen molar-refractivity contribution in [3.05, 3.63) is 11.7 Å². The number of thioether (sulfide) groups is 1. The first-order valence-corrected chi connectivity index (χ1v) is 6.28. The summed E-state index contributed by atoms with van der Waals surface area (Å²) in [7, 11) is 0. The number of amidine groups is 1. The van der Waals surface area contributed by atoms with Crippen molar-refractivity contribution < 1.29 is 4.52 Å². The summed E-state index contributed by atoms with van der Waals surface area (Å²) in [6.45, 7) is 6.84. The first kappa shape index (κ1) is 11.4. The van der Waals surface area contributed by atoms with Gasteiger partial charge in [0.2, 0.25) is 5.89 Å². The second-order valence-electron chi connectivity index (χ2n) is 4.47. The van der Waals surface area contributed by atoms with Gasteiger partial charge in [-0.15, -0.1) is 0 Å². The van der Waals surface area contributed by atoms with E-state index in [-0.39, 0.29) is 5.54 Å². The highest BCUT2D eigenvalue weighted by atomic mass is 32.2. The predicted molar refractivity (Wildman–Crippen MR) is 64.7 cm³/mol. The van der Waals surface area contributed by atoms with Crippen LogP contribution in [0.25, 0.3) is 0 Å². The number of nitrogens with one attached hydrogen (secondary N) is 1. The van der Waals surface area contributed by atoms with Crippen LogP contribution in [-0.4, -0.2) is 33.1 Å². The molecular formula is C10H16N4OS. The lowest BCUT2D eigenvalue weighted by atomic mass is 10.1. The fourth-order valence-corrected chi connectivity index (χ4v) is 2.49. The summed E-state index contributed by atoms with van der Waals surface area (Å²) in [5, 5.41) is 8.12. The molecule has 1 fully saturated rings. The van der Waals surface area contributed by atoms with E-state index in [2.05, 4.69) is 34.3 Å². The maximum absolute atomic E-state index is 5.01. The smallest absolute Gasteiger partial charge is 0.228 e. The Morgan fingerprint density at radius 3 is 2.94 bits per heavy atom. The molecular weight excluding hydrogens is 224 g/mol. The van der Waals surface area contributed by atoms with E-state index in [4.69, 9.17) is 4.52 Å². The third-order valence-electron chi connectivity index (χ3n) is 2.17. The van der Waals surface area contributed by atoms with E-state index < -0.39 is 0 Å². The summed E-state index contributed by atoms with van der Waals surface area (Å²) >= 11 is 1.76. The molecule has 2 heterocycles. The van der Waals surface area contributed by atoms with Crippen LogP contribution >= 0.6 is 11.8 Å². The van der Waals surface area contributed by atoms with Gasteiger partial charge in [0.05, 0.1) is 6.54 Å². The summed E-state index contributed by atoms with van der Waals surface area (Å²) in [5.41, 5.74) is 0.157. The Bertz CT molecular complexity index is 399. The van der Waals surface area contributed by atoms with Crippen molar-refractivity contribution in [3.63, 3.8) is 0 Å². The monoisotopic (exact) mass is 240 g/mol. The van der Waals surface area contributed by atoms with Gasteiger partial charge in [0, 0.05) is 17.7 Å². The van der Waals surface area contributed by atoms with Gasteiger partial charge in [-0.05, 0) is 20.8 Å². The van der Waals surface area contributed by atoms with Crippen LogP contribution in [0.2, 0.25) is 0 Å². The Kier molecular flexibility index (Phi) is 3.18. The predicted octanol–water partition coefficient (Wildman–Crippen LogP) is 1.39. The molecule has 0 radical (unpaired) electrons. The number of aromatic nitrogens is 2. The minimum absolute atomic E-state index is 0.157. The maximum atomic E-state index is 5.01. The molecule has 0 amide bonds. The highest BCUT2D eigenvalue weighted by Gasteiger charge is 2.26. The van der Waals surface area contributed by atoms with E-state index in [1.807, 2.05) is 6.92 Å². The van der Waals surface area contributed by atoms with Crippen molar-refractivity contribution in [2.75, 3.05) is 12.3 Å². The van der Waals surface area contributed by atoms with Crippen molar-refractivity contribution in [2.45, 2.75) is 32.7 Å². The number of hydrogen-bond acceptors (Lipinski definition) is 5. The van der Waals surface area contributed by atoms with Crippen LogP contribution < -0.4 is 5.32 Å². The van der Waals surface area contributed by atoms with E-state index in [1.165, 1.54) is 0 Å². The Labute approximate surface area is 99.1 Å². The topological polar surface area (TPSA) is 63.3 Å². The Morgan fingerprint density at radius 2 is 2.38 bits per heavy atom. The first-order chi connectivity index (χ1) is 7.55. The molecule has 1 aromatic rings. The van der Waals surface area contributed by atoms with Gasteiger partial charge in [-0.25, -0.2) is 0 Å². The van der Waals surface area contributed by atoms with Gasteiger partial charge in [-0.1, -0.05) is 16.9 Å². The lowest BCUT2D eigenvalue weighted by molar-refractivity contribution is 0.376. The zero-order chi connectivity index (χ0) is 11.6. The largest absolute Gasteiger partial charge is 0.359 e. The summed E-state index contributed by atoms with van der Waals surface area (Å²) in [6.07, 6.45) is 0.701. The maximum Gasteiger partial charge on any atom is 0.228 e. The molecule has 88 valence electrons. The molecule has 0 unspecified atom stereocenters. The van der Waals surface area contributed by atoms with Gasteiger partial charge in [0.1, 0.15) is 0 Å². The summed E-state index contributed by atoms with van der Waals surface area (Å²) in [6, 6.07) is 0. The minimum atomic E-state index is 0.157. The van der Waals surface area contributed by atoms with Crippen molar-refractivity contribution in [1.82, 2.24) is 15.5 Å². The molecule has 6 heteroatoms. The quantitative estimate of drug-likeness (QED) is 0.865. The third-order valence-corrected chi connectivity index (χ3v) is 3.54. The van der Waals surface area contributed by atoms with Crippen LogP contribution in [0.5, 0.6) is 0 Å². The van der Waals surface area contributed by atoms with Crippen LogP contribution in [0.1, 0.15) is 25.6 Å². The van der Waals surface area contributed by atoms with Gasteiger partial charge < -0.3 is 9.84 Å². The number of hydrogen-bond donors (Lipinski definition) is 1. The lowest BCUT2D eigenvalue weighted by Crippen LogP contribution is -2.36. The standard InChI is InChI=1S/C10H16N4OS/c1-7-12-8(15-14-7)4-5-11-9-13-10(2,3)6-16-9/h4-6H2,1-3H3,(H,11,13). The number of aryl methyl sites for hydroxylation is 1. The highest BCUT2D eigenvalue weighted by Crippen LogP contribution is 2.21. The Balaban J connectivity index is 1.82. The Morgan fingerprint density at radius 1 is 1.56 bits per heavy atom. The Hall–Kier alpha value is -1.04. The second-order valence-corrected chi connectivity index (χ2v) is 5.43. The van der Waals surface area contributed by atoms with Crippen LogP contribution in [0.3, 0.4) is 0 Å². The zero-order valence-corrected chi connectivity index (χ0v) is 10.6. The lowest BCUT2D eigenvalue weighted by Gasteiger charge is -2.15. The summed E-state index contributed by atoms with van der Waals surface area (Å²) < 4.78 is 5.01. The molecule has 0 aromatic carbocycles. The molecule has 1 N–H and O–H groups in total. The molecule has 0 spiro atoms. The van der Waals surface area contributed by atoms with Gasteiger partial charge in [-0.3, -0.25) is 4.99 Å². The molecule has 2 rings (SSSR count). The molecule has 0 aliphatic carbocycles.